The lowest BCUT2D eigenvalue weighted by molar-refractivity contribution is 0.294. The van der Waals surface area contributed by atoms with Gasteiger partial charge in [-0.3, -0.25) is 4.90 Å². The van der Waals surface area contributed by atoms with E-state index < -0.39 is 5.82 Å². The highest BCUT2D eigenvalue weighted by molar-refractivity contribution is 5.37. The molecule has 0 spiro atoms. The van der Waals surface area contributed by atoms with Gasteiger partial charge in [0.1, 0.15) is 17.9 Å². The minimum atomic E-state index is -0.533. The van der Waals surface area contributed by atoms with Crippen molar-refractivity contribution in [3.05, 3.63) is 35.1 Å². The Morgan fingerprint density at radius 2 is 1.94 bits per heavy atom. The van der Waals surface area contributed by atoms with Gasteiger partial charge in [-0.2, -0.15) is 10.5 Å². The summed E-state index contributed by atoms with van der Waals surface area (Å²) in [7, 11) is 0. The highest BCUT2D eigenvalue weighted by atomic mass is 19.1. The van der Waals surface area contributed by atoms with Crippen LogP contribution in [-0.2, 0) is 0 Å². The van der Waals surface area contributed by atoms with E-state index in [9.17, 15) is 9.65 Å². The third-order valence-electron chi connectivity index (χ3n) is 3.05. The Morgan fingerprint density at radius 1 is 1.24 bits per heavy atom. The molecule has 1 aliphatic heterocycles. The summed E-state index contributed by atoms with van der Waals surface area (Å²) >= 11 is 0. The predicted octanol–water partition coefficient (Wildman–Crippen LogP) is 2.36. The highest BCUT2D eigenvalue weighted by Gasteiger charge is 2.23. The first-order chi connectivity index (χ1) is 8.26. The third-order valence-corrected chi connectivity index (χ3v) is 3.05. The Morgan fingerprint density at radius 3 is 2.53 bits per heavy atom. The molecular formula is C13H12FN3. The molecule has 17 heavy (non-hydrogen) atoms. The number of benzene rings is 1. The second-order valence-corrected chi connectivity index (χ2v) is 4.13. The molecular weight excluding hydrogens is 217 g/mol. The number of likely N-dealkylation sites (tertiary alicyclic amines) is 1. The molecule has 2 rings (SSSR count). The quantitative estimate of drug-likeness (QED) is 0.782. The van der Waals surface area contributed by atoms with Crippen molar-refractivity contribution in [3.8, 4) is 12.1 Å². The van der Waals surface area contributed by atoms with Gasteiger partial charge in [-0.1, -0.05) is 6.07 Å². The summed E-state index contributed by atoms with van der Waals surface area (Å²) in [5.74, 6) is -0.533. The summed E-state index contributed by atoms with van der Waals surface area (Å²) in [5, 5.41) is 18.0. The van der Waals surface area contributed by atoms with Gasteiger partial charge in [0.25, 0.3) is 0 Å². The Labute approximate surface area is 99.7 Å². The maximum Gasteiger partial charge on any atom is 0.140 e. The first-order valence-electron chi connectivity index (χ1n) is 5.59. The van der Waals surface area contributed by atoms with Crippen molar-refractivity contribution in [3.63, 3.8) is 0 Å². The molecule has 1 atom stereocenters. The van der Waals surface area contributed by atoms with Crippen molar-refractivity contribution in [2.24, 2.45) is 0 Å². The standard InChI is InChI=1S/C13H12FN3/c14-12-4-3-10(7-11(12)8-15)13(9-16)17-5-1-2-6-17/h3-4,7,13H,1-2,5-6H2. The molecule has 0 saturated carbocycles. The number of hydrogen-bond acceptors (Lipinski definition) is 3. The molecule has 1 unspecified atom stereocenters. The first kappa shape index (κ1) is 11.6. The molecule has 1 aromatic carbocycles. The Kier molecular flexibility index (Phi) is 3.37. The topological polar surface area (TPSA) is 50.8 Å². The number of rotatable bonds is 2. The van der Waals surface area contributed by atoms with Crippen LogP contribution >= 0.6 is 0 Å². The number of nitriles is 2. The smallest absolute Gasteiger partial charge is 0.140 e. The SMILES string of the molecule is N#Cc1cc(C(C#N)N2CCCC2)ccc1F. The summed E-state index contributed by atoms with van der Waals surface area (Å²) in [6, 6.07) is 7.97. The van der Waals surface area contributed by atoms with Crippen LogP contribution in [0.25, 0.3) is 0 Å². The van der Waals surface area contributed by atoms with Crippen molar-refractivity contribution in [2.45, 2.75) is 18.9 Å². The summed E-state index contributed by atoms with van der Waals surface area (Å²) in [6.45, 7) is 1.77. The van der Waals surface area contributed by atoms with E-state index in [4.69, 9.17) is 5.26 Å². The van der Waals surface area contributed by atoms with Crippen LogP contribution in [0.15, 0.2) is 18.2 Å². The van der Waals surface area contributed by atoms with Crippen LogP contribution in [-0.4, -0.2) is 18.0 Å². The molecule has 4 heteroatoms. The molecule has 0 amide bonds. The lowest BCUT2D eigenvalue weighted by atomic mass is 10.0. The molecule has 0 aliphatic carbocycles. The molecule has 1 aromatic rings. The average molecular weight is 229 g/mol. The summed E-state index contributed by atoms with van der Waals surface area (Å²) in [6.07, 6.45) is 2.18. The summed E-state index contributed by atoms with van der Waals surface area (Å²) in [5.41, 5.74) is 0.703. The van der Waals surface area contributed by atoms with E-state index in [2.05, 4.69) is 11.0 Å². The normalized spacial score (nSPS) is 17.4. The molecule has 0 bridgehead atoms. The van der Waals surface area contributed by atoms with E-state index in [0.717, 1.165) is 25.9 Å². The van der Waals surface area contributed by atoms with E-state index in [1.807, 2.05) is 0 Å². The second kappa shape index (κ2) is 4.95. The highest BCUT2D eigenvalue weighted by Crippen LogP contribution is 2.25. The van der Waals surface area contributed by atoms with E-state index in [1.165, 1.54) is 12.1 Å². The van der Waals surface area contributed by atoms with Crippen molar-refractivity contribution < 1.29 is 4.39 Å². The van der Waals surface area contributed by atoms with Gasteiger partial charge in [-0.25, -0.2) is 4.39 Å². The van der Waals surface area contributed by atoms with Crippen molar-refractivity contribution in [1.82, 2.24) is 4.90 Å². The van der Waals surface area contributed by atoms with E-state index in [1.54, 1.807) is 12.1 Å². The lowest BCUT2D eigenvalue weighted by Crippen LogP contribution is -2.24. The molecule has 0 N–H and O–H groups in total. The van der Waals surface area contributed by atoms with Gasteiger partial charge in [-0.15, -0.1) is 0 Å². The molecule has 0 radical (unpaired) electrons. The maximum atomic E-state index is 13.2. The van der Waals surface area contributed by atoms with E-state index >= 15 is 0 Å². The fraction of sp³-hybridized carbons (Fsp3) is 0.385. The van der Waals surface area contributed by atoms with Gasteiger partial charge in [0.15, 0.2) is 0 Å². The fourth-order valence-electron chi connectivity index (χ4n) is 2.17. The maximum absolute atomic E-state index is 13.2. The number of hydrogen-bond donors (Lipinski definition) is 0. The zero-order chi connectivity index (χ0) is 12.3. The molecule has 0 aromatic heterocycles. The summed E-state index contributed by atoms with van der Waals surface area (Å²) in [4.78, 5) is 2.06. The zero-order valence-electron chi connectivity index (χ0n) is 9.36. The predicted molar refractivity (Wildman–Crippen MR) is 60.3 cm³/mol. The van der Waals surface area contributed by atoms with Crippen molar-refractivity contribution >= 4 is 0 Å². The van der Waals surface area contributed by atoms with Crippen molar-refractivity contribution in [1.29, 1.82) is 10.5 Å². The molecule has 86 valence electrons. The third kappa shape index (κ3) is 2.27. The summed E-state index contributed by atoms with van der Waals surface area (Å²) < 4.78 is 13.2. The molecule has 1 fully saturated rings. The van der Waals surface area contributed by atoms with Gasteiger partial charge >= 0.3 is 0 Å². The van der Waals surface area contributed by atoms with Gasteiger partial charge in [0.2, 0.25) is 0 Å². The second-order valence-electron chi connectivity index (χ2n) is 4.13. The fourth-order valence-corrected chi connectivity index (χ4v) is 2.17. The Bertz CT molecular complexity index is 492. The minimum Gasteiger partial charge on any atom is -0.284 e. The minimum absolute atomic E-state index is 0.00180. The van der Waals surface area contributed by atoms with Gasteiger partial charge < -0.3 is 0 Å². The molecule has 1 aliphatic rings. The Hall–Kier alpha value is -1.91. The van der Waals surface area contributed by atoms with E-state index in [0.29, 0.717) is 5.56 Å². The van der Waals surface area contributed by atoms with Crippen LogP contribution in [0, 0.1) is 28.5 Å². The van der Waals surface area contributed by atoms with Crippen molar-refractivity contribution in [2.75, 3.05) is 13.1 Å². The van der Waals surface area contributed by atoms with E-state index in [-0.39, 0.29) is 11.6 Å². The van der Waals surface area contributed by atoms with Crippen LogP contribution in [0.5, 0.6) is 0 Å². The first-order valence-corrected chi connectivity index (χ1v) is 5.59. The zero-order valence-corrected chi connectivity index (χ0v) is 9.36. The molecule has 1 saturated heterocycles. The number of nitrogens with zero attached hydrogens (tertiary/aromatic N) is 3. The largest absolute Gasteiger partial charge is 0.284 e. The van der Waals surface area contributed by atoms with Gasteiger partial charge in [-0.05, 0) is 43.6 Å². The molecule has 1 heterocycles. The average Bonchev–Trinajstić information content (AvgIpc) is 2.86. The lowest BCUT2D eigenvalue weighted by Gasteiger charge is -2.21. The monoisotopic (exact) mass is 229 g/mol. The van der Waals surface area contributed by atoms with Crippen LogP contribution in [0.4, 0.5) is 4.39 Å². The molecule has 3 nitrogen and oxygen atoms in total. The van der Waals surface area contributed by atoms with Crippen LogP contribution in [0.1, 0.15) is 30.0 Å². The van der Waals surface area contributed by atoms with Crippen LogP contribution in [0.3, 0.4) is 0 Å². The number of halogens is 1. The van der Waals surface area contributed by atoms with Crippen LogP contribution in [0.2, 0.25) is 0 Å². The van der Waals surface area contributed by atoms with Gasteiger partial charge in [0.05, 0.1) is 11.6 Å². The van der Waals surface area contributed by atoms with Crippen LogP contribution < -0.4 is 0 Å². The van der Waals surface area contributed by atoms with Gasteiger partial charge in [0, 0.05) is 0 Å². The Balaban J connectivity index is 2.32.